The third-order valence-corrected chi connectivity index (χ3v) is 4.98. The second-order valence-electron chi connectivity index (χ2n) is 7.02. The van der Waals surface area contributed by atoms with Crippen LogP contribution in [-0.4, -0.2) is 30.3 Å². The van der Waals surface area contributed by atoms with Gasteiger partial charge in [-0.05, 0) is 50.2 Å². The lowest BCUT2D eigenvalue weighted by Crippen LogP contribution is -2.34. The van der Waals surface area contributed by atoms with Crippen LogP contribution in [0.25, 0.3) is 22.3 Å². The Kier molecular flexibility index (Phi) is 7.10. The van der Waals surface area contributed by atoms with Crippen LogP contribution in [-0.2, 0) is 11.0 Å². The largest absolute Gasteiger partial charge is 0.493 e. The Hall–Kier alpha value is -3.04. The molecule has 0 bridgehead atoms. The van der Waals surface area contributed by atoms with Crippen molar-refractivity contribution in [3.8, 4) is 17.1 Å². The molecule has 6 nitrogen and oxygen atoms in total. The number of carbonyl (C=O) groups is 1. The molecular formula is C22H19ClF3NO5. The van der Waals surface area contributed by atoms with E-state index in [9.17, 15) is 22.8 Å². The zero-order valence-corrected chi connectivity index (χ0v) is 17.6. The number of rotatable bonds is 8. The molecule has 0 aliphatic carbocycles. The zero-order valence-electron chi connectivity index (χ0n) is 16.8. The number of para-hydroxylation sites is 1. The van der Waals surface area contributed by atoms with E-state index in [1.165, 1.54) is 31.2 Å². The fourth-order valence-corrected chi connectivity index (χ4v) is 3.17. The number of alkyl halides is 3. The van der Waals surface area contributed by atoms with E-state index < -0.39 is 29.2 Å². The Labute approximate surface area is 185 Å². The van der Waals surface area contributed by atoms with Crippen molar-refractivity contribution in [1.82, 2.24) is 5.32 Å². The van der Waals surface area contributed by atoms with E-state index in [2.05, 4.69) is 5.32 Å². The molecule has 32 heavy (non-hydrogen) atoms. The van der Waals surface area contributed by atoms with E-state index >= 15 is 0 Å². The number of benzene rings is 2. The number of ether oxygens (including phenoxy) is 1. The molecule has 3 aromatic rings. The highest BCUT2D eigenvalue weighted by atomic mass is 35.5. The Balaban J connectivity index is 1.92. The fourth-order valence-electron chi connectivity index (χ4n) is 2.96. The van der Waals surface area contributed by atoms with Crippen molar-refractivity contribution in [1.29, 1.82) is 0 Å². The molecule has 1 aromatic heterocycles. The zero-order chi connectivity index (χ0) is 23.5. The van der Waals surface area contributed by atoms with Gasteiger partial charge in [-0.3, -0.25) is 9.59 Å². The highest BCUT2D eigenvalue weighted by Crippen LogP contribution is 2.38. The van der Waals surface area contributed by atoms with Gasteiger partial charge in [-0.25, -0.2) is 0 Å². The summed E-state index contributed by atoms with van der Waals surface area (Å²) >= 11 is 6.12. The van der Waals surface area contributed by atoms with Crippen LogP contribution in [0.3, 0.4) is 0 Å². The molecule has 1 atom stereocenters. The van der Waals surface area contributed by atoms with Crippen LogP contribution >= 0.6 is 11.6 Å². The average molecular weight is 470 g/mol. The number of halogens is 4. The van der Waals surface area contributed by atoms with Crippen molar-refractivity contribution in [3.63, 3.8) is 0 Å². The Morgan fingerprint density at radius 1 is 1.25 bits per heavy atom. The van der Waals surface area contributed by atoms with Crippen LogP contribution < -0.4 is 15.5 Å². The highest BCUT2D eigenvalue weighted by Gasteiger charge is 2.31. The molecule has 0 spiro atoms. The number of carboxylic acids is 1. The second kappa shape index (κ2) is 9.62. The number of fused-ring (bicyclic) bond motifs is 1. The van der Waals surface area contributed by atoms with Crippen molar-refractivity contribution in [3.05, 3.63) is 63.3 Å². The molecular weight excluding hydrogens is 451 g/mol. The molecule has 0 saturated carbocycles. The van der Waals surface area contributed by atoms with E-state index in [4.69, 9.17) is 25.9 Å². The van der Waals surface area contributed by atoms with Crippen LogP contribution in [0.15, 0.2) is 51.7 Å². The van der Waals surface area contributed by atoms with Gasteiger partial charge in [0.25, 0.3) is 0 Å². The van der Waals surface area contributed by atoms with Crippen molar-refractivity contribution in [2.75, 3.05) is 13.2 Å². The summed E-state index contributed by atoms with van der Waals surface area (Å²) in [7, 11) is 0. The molecule has 2 N–H and O–H groups in total. The first kappa shape index (κ1) is 23.6. The van der Waals surface area contributed by atoms with Crippen LogP contribution in [0.5, 0.6) is 5.75 Å². The van der Waals surface area contributed by atoms with Crippen LogP contribution in [0.2, 0.25) is 5.02 Å². The Morgan fingerprint density at radius 3 is 2.69 bits per heavy atom. The first-order valence-electron chi connectivity index (χ1n) is 9.61. The number of carboxylic acid groups (broad SMARTS) is 1. The topological polar surface area (TPSA) is 88.8 Å². The van der Waals surface area contributed by atoms with Gasteiger partial charge < -0.3 is 19.6 Å². The first-order valence-corrected chi connectivity index (χ1v) is 9.98. The summed E-state index contributed by atoms with van der Waals surface area (Å²) < 4.78 is 51.0. The summed E-state index contributed by atoms with van der Waals surface area (Å²) in [4.78, 5) is 23.3. The van der Waals surface area contributed by atoms with Crippen LogP contribution in [0.1, 0.15) is 18.9 Å². The van der Waals surface area contributed by atoms with Crippen molar-refractivity contribution < 1.29 is 32.2 Å². The van der Waals surface area contributed by atoms with Gasteiger partial charge in [0.15, 0.2) is 11.0 Å². The van der Waals surface area contributed by atoms with Gasteiger partial charge in [0.1, 0.15) is 17.6 Å². The van der Waals surface area contributed by atoms with E-state index in [1.807, 2.05) is 0 Å². The Morgan fingerprint density at radius 2 is 2.00 bits per heavy atom. The van der Waals surface area contributed by atoms with Crippen LogP contribution in [0.4, 0.5) is 13.2 Å². The van der Waals surface area contributed by atoms with Crippen molar-refractivity contribution in [2.24, 2.45) is 0 Å². The Bertz CT molecular complexity index is 1190. The van der Waals surface area contributed by atoms with E-state index in [0.29, 0.717) is 6.42 Å². The monoisotopic (exact) mass is 469 g/mol. The maximum absolute atomic E-state index is 13.2. The quantitative estimate of drug-likeness (QED) is 0.453. The maximum atomic E-state index is 13.2. The van der Waals surface area contributed by atoms with E-state index in [1.54, 1.807) is 6.07 Å². The smallest absolute Gasteiger partial charge is 0.416 e. The molecule has 0 saturated heterocycles. The average Bonchev–Trinajstić information content (AvgIpc) is 2.73. The molecule has 0 aliphatic rings. The molecule has 0 amide bonds. The maximum Gasteiger partial charge on any atom is 0.416 e. The molecule has 0 fully saturated rings. The van der Waals surface area contributed by atoms with Gasteiger partial charge in [0, 0.05) is 6.07 Å². The normalized spacial score (nSPS) is 12.7. The SMILES string of the molecule is C[C@@H](NCCCOc1cc(C(F)(F)F)ccc1-c1cc(=O)c2cccc(Cl)c2o1)C(=O)O. The highest BCUT2D eigenvalue weighted by molar-refractivity contribution is 6.34. The summed E-state index contributed by atoms with van der Waals surface area (Å²) in [5, 5.41) is 12.0. The van der Waals surface area contributed by atoms with Crippen molar-refractivity contribution >= 4 is 28.5 Å². The van der Waals surface area contributed by atoms with Crippen molar-refractivity contribution in [2.45, 2.75) is 25.6 Å². The van der Waals surface area contributed by atoms with Gasteiger partial charge in [0.05, 0.1) is 28.1 Å². The number of nitrogens with one attached hydrogen (secondary N) is 1. The van der Waals surface area contributed by atoms with Crippen LogP contribution in [0, 0.1) is 0 Å². The number of aliphatic carboxylic acids is 1. The second-order valence-corrected chi connectivity index (χ2v) is 7.42. The molecule has 0 unspecified atom stereocenters. The molecule has 2 aromatic carbocycles. The summed E-state index contributed by atoms with van der Waals surface area (Å²) in [5.74, 6) is -1.13. The lowest BCUT2D eigenvalue weighted by Gasteiger charge is -2.15. The minimum atomic E-state index is -4.59. The third kappa shape index (κ3) is 5.41. The lowest BCUT2D eigenvalue weighted by molar-refractivity contribution is -0.139. The minimum absolute atomic E-state index is 0.00617. The predicted molar refractivity (Wildman–Crippen MR) is 113 cm³/mol. The van der Waals surface area contributed by atoms with Gasteiger partial charge in [-0.2, -0.15) is 13.2 Å². The minimum Gasteiger partial charge on any atom is -0.493 e. The van der Waals surface area contributed by atoms with Gasteiger partial charge in [0.2, 0.25) is 0 Å². The molecule has 1 heterocycles. The summed E-state index contributed by atoms with van der Waals surface area (Å²) in [6.07, 6.45) is -4.26. The molecule has 10 heteroatoms. The summed E-state index contributed by atoms with van der Waals surface area (Å²) in [6.45, 7) is 1.76. The standard InChI is InChI=1S/C22H19ClF3NO5/c1-12(21(29)30)27-8-3-9-31-18-10-13(22(24,25)26)6-7-15(18)19-11-17(28)14-4-2-5-16(23)20(14)32-19/h2,4-7,10-12,27H,3,8-9H2,1H3,(H,29,30)/t12-/m1/s1. The van der Waals surface area contributed by atoms with E-state index in [0.717, 1.165) is 12.1 Å². The van der Waals surface area contributed by atoms with E-state index in [-0.39, 0.29) is 46.2 Å². The van der Waals surface area contributed by atoms with Gasteiger partial charge in [-0.15, -0.1) is 0 Å². The predicted octanol–water partition coefficient (Wildman–Crippen LogP) is 4.96. The van der Waals surface area contributed by atoms with Gasteiger partial charge >= 0.3 is 12.1 Å². The number of hydrogen-bond acceptors (Lipinski definition) is 5. The fraction of sp³-hybridized carbons (Fsp3) is 0.273. The summed E-state index contributed by atoms with van der Waals surface area (Å²) in [6, 6.07) is 7.93. The molecule has 0 radical (unpaired) electrons. The molecule has 0 aliphatic heterocycles. The summed E-state index contributed by atoms with van der Waals surface area (Å²) in [5.41, 5.74) is -1.05. The first-order chi connectivity index (χ1) is 15.1. The lowest BCUT2D eigenvalue weighted by atomic mass is 10.1. The molecule has 3 rings (SSSR count). The number of hydrogen-bond donors (Lipinski definition) is 2. The molecule has 170 valence electrons. The third-order valence-electron chi connectivity index (χ3n) is 4.68. The van der Waals surface area contributed by atoms with Gasteiger partial charge in [-0.1, -0.05) is 17.7 Å².